The molecule has 0 rings (SSSR count). The Hall–Kier alpha value is -0.870. The van der Waals surface area contributed by atoms with Crippen LogP contribution in [0.15, 0.2) is 12.2 Å². The Morgan fingerprint density at radius 2 is 1.31 bits per heavy atom. The number of carbonyl (C=O) groups excluding carboxylic acids is 1. The van der Waals surface area contributed by atoms with Gasteiger partial charge in [0.05, 0.1) is 18.8 Å². The maximum Gasteiger partial charge on any atom is 0.220 e. The van der Waals surface area contributed by atoms with Gasteiger partial charge < -0.3 is 15.5 Å². The van der Waals surface area contributed by atoms with Crippen LogP contribution < -0.4 is 5.32 Å². The molecule has 4 heteroatoms. The molecular formula is C28H55NO3. The van der Waals surface area contributed by atoms with Gasteiger partial charge in [-0.2, -0.15) is 0 Å². The number of aliphatic hydroxyl groups is 2. The quantitative estimate of drug-likeness (QED) is 0.106. The van der Waals surface area contributed by atoms with Crippen LogP contribution in [0, 0.1) is 0 Å². The van der Waals surface area contributed by atoms with E-state index in [0.717, 1.165) is 44.9 Å². The summed E-state index contributed by atoms with van der Waals surface area (Å²) in [5.41, 5.74) is 0. The zero-order valence-electron chi connectivity index (χ0n) is 22.2. The molecule has 0 spiro atoms. The van der Waals surface area contributed by atoms with Crippen LogP contribution in [-0.2, 0) is 4.79 Å². The molecule has 0 heterocycles. The maximum absolute atomic E-state index is 12.1. The highest BCUT2D eigenvalue weighted by molar-refractivity contribution is 5.76. The fourth-order valence-corrected chi connectivity index (χ4v) is 3.98. The second-order valence-corrected chi connectivity index (χ2v) is 9.32. The van der Waals surface area contributed by atoms with E-state index < -0.39 is 12.1 Å². The van der Waals surface area contributed by atoms with Crippen molar-refractivity contribution < 1.29 is 16.4 Å². The molecule has 0 radical (unpaired) electrons. The molecule has 0 aliphatic rings. The van der Waals surface area contributed by atoms with Crippen molar-refractivity contribution in [2.75, 3.05) is 6.61 Å². The van der Waals surface area contributed by atoms with Gasteiger partial charge in [0.25, 0.3) is 0 Å². The summed E-state index contributed by atoms with van der Waals surface area (Å²) >= 11 is 0. The lowest BCUT2D eigenvalue weighted by Gasteiger charge is -2.20. The lowest BCUT2D eigenvalue weighted by molar-refractivity contribution is -0.123. The van der Waals surface area contributed by atoms with Crippen LogP contribution in [-0.4, -0.2) is 34.9 Å². The number of rotatable bonds is 24. The molecule has 2 atom stereocenters. The van der Waals surface area contributed by atoms with E-state index in [-0.39, 0.29) is 12.5 Å². The van der Waals surface area contributed by atoms with Crippen LogP contribution >= 0.6 is 0 Å². The number of hydrogen-bond donors (Lipinski definition) is 3. The number of hydrogen-bond acceptors (Lipinski definition) is 3. The molecule has 1 amide bonds. The molecule has 190 valence electrons. The fourth-order valence-electron chi connectivity index (χ4n) is 3.98. The van der Waals surface area contributed by atoms with E-state index in [2.05, 4.69) is 12.2 Å². The Kier molecular flexibility index (Phi) is 22.6. The van der Waals surface area contributed by atoms with Crippen LogP contribution in [0.5, 0.6) is 0 Å². The van der Waals surface area contributed by atoms with Crippen molar-refractivity contribution in [1.29, 1.82) is 0 Å². The van der Waals surface area contributed by atoms with Crippen molar-refractivity contribution >= 4 is 5.91 Å². The molecule has 0 fully saturated rings. The predicted molar refractivity (Wildman–Crippen MR) is 138 cm³/mol. The van der Waals surface area contributed by atoms with Crippen LogP contribution in [0.4, 0.5) is 0 Å². The first kappa shape index (κ1) is 29.2. The van der Waals surface area contributed by atoms with E-state index in [9.17, 15) is 15.0 Å². The first-order chi connectivity index (χ1) is 16.2. The Balaban J connectivity index is 3.69. The Labute approximate surface area is 201 Å². The van der Waals surface area contributed by atoms with Crippen LogP contribution in [0.1, 0.15) is 144 Å². The van der Waals surface area contributed by atoms with Gasteiger partial charge in [-0.25, -0.2) is 0 Å². The summed E-state index contributed by atoms with van der Waals surface area (Å²) in [7, 11) is 0. The van der Waals surface area contributed by atoms with Crippen molar-refractivity contribution in [1.82, 2.24) is 5.32 Å². The average molecular weight is 455 g/mol. The van der Waals surface area contributed by atoms with Gasteiger partial charge in [0.2, 0.25) is 5.91 Å². The zero-order chi connectivity index (χ0) is 24.4. The molecule has 0 saturated heterocycles. The molecule has 0 aliphatic carbocycles. The first-order valence-electron chi connectivity index (χ1n) is 14.4. The number of unbranched alkanes of at least 4 members (excludes halogenated alkanes) is 17. The number of allylic oxidation sites excluding steroid dienone is 1. The third kappa shape index (κ3) is 21.0. The van der Waals surface area contributed by atoms with Gasteiger partial charge in [0.15, 0.2) is 0 Å². The normalized spacial score (nSPS) is 13.9. The Morgan fingerprint density at radius 1 is 0.812 bits per heavy atom. The summed E-state index contributed by atoms with van der Waals surface area (Å²) in [5.74, 6) is -0.0962. The molecule has 0 aromatic heterocycles. The molecule has 0 aromatic carbocycles. The van der Waals surface area contributed by atoms with E-state index in [1.54, 1.807) is 6.08 Å². The predicted octanol–water partition coefficient (Wildman–Crippen LogP) is 7.22. The summed E-state index contributed by atoms with van der Waals surface area (Å²) < 4.78 is 7.12. The van der Waals surface area contributed by atoms with Gasteiger partial charge in [-0.15, -0.1) is 0 Å². The summed E-state index contributed by atoms with van der Waals surface area (Å²) in [6.45, 7) is 2.52. The van der Waals surface area contributed by atoms with Crippen molar-refractivity contribution in [3.63, 3.8) is 0 Å². The third-order valence-corrected chi connectivity index (χ3v) is 6.17. The molecule has 3 N–H and O–H groups in total. The van der Waals surface area contributed by atoms with Crippen LogP contribution in [0.25, 0.3) is 0 Å². The molecule has 0 bridgehead atoms. The Bertz CT molecular complexity index is 445. The monoisotopic (exact) mass is 454 g/mol. The van der Waals surface area contributed by atoms with Gasteiger partial charge in [-0.1, -0.05) is 129 Å². The van der Waals surface area contributed by atoms with Crippen molar-refractivity contribution in [2.45, 2.75) is 154 Å². The van der Waals surface area contributed by atoms with E-state index in [1.165, 1.54) is 77.0 Å². The fraction of sp³-hybridized carbons (Fsp3) is 0.893. The van der Waals surface area contributed by atoms with Crippen molar-refractivity contribution in [3.8, 4) is 0 Å². The third-order valence-electron chi connectivity index (χ3n) is 6.17. The zero-order valence-corrected chi connectivity index (χ0v) is 21.2. The van der Waals surface area contributed by atoms with E-state index in [4.69, 9.17) is 1.37 Å². The standard InChI is InChI=1S/C28H55NO3/c1-3-5-7-9-11-12-13-14-15-16-18-19-21-23-27(31)26(25-30)29-28(32)24-22-20-17-10-8-6-4-2/h21,23,26-27,30-31H,3-20,22,24-25H2,1-2H3,(H,29,32)/b23-21+/t26-,27+/m0/s1/i2D. The second kappa shape index (κ2) is 24.8. The van der Waals surface area contributed by atoms with Gasteiger partial charge in [0, 0.05) is 7.79 Å². The van der Waals surface area contributed by atoms with Gasteiger partial charge in [-0.05, 0) is 19.3 Å². The van der Waals surface area contributed by atoms with E-state index in [0.29, 0.717) is 13.3 Å². The van der Waals surface area contributed by atoms with Gasteiger partial charge >= 0.3 is 0 Å². The van der Waals surface area contributed by atoms with Crippen molar-refractivity contribution in [2.24, 2.45) is 0 Å². The second-order valence-electron chi connectivity index (χ2n) is 9.32. The average Bonchev–Trinajstić information content (AvgIpc) is 2.82. The lowest BCUT2D eigenvalue weighted by atomic mass is 10.0. The molecular weight excluding hydrogens is 398 g/mol. The van der Waals surface area contributed by atoms with Gasteiger partial charge in [0.1, 0.15) is 0 Å². The minimum absolute atomic E-state index is 0.0962. The molecule has 0 aromatic rings. The first-order valence-corrected chi connectivity index (χ1v) is 13.7. The topological polar surface area (TPSA) is 69.6 Å². The summed E-state index contributed by atoms with van der Waals surface area (Å²) in [5, 5.41) is 22.6. The number of aliphatic hydroxyl groups excluding tert-OH is 2. The minimum atomic E-state index is -0.844. The summed E-state index contributed by atoms with van der Waals surface area (Å²) in [6.07, 6.45) is 26.2. The largest absolute Gasteiger partial charge is 0.394 e. The minimum Gasteiger partial charge on any atom is -0.394 e. The molecule has 0 aliphatic heterocycles. The summed E-state index contributed by atoms with van der Waals surface area (Å²) in [6, 6.07) is -0.629. The molecule has 32 heavy (non-hydrogen) atoms. The summed E-state index contributed by atoms with van der Waals surface area (Å²) in [4.78, 5) is 12.1. The van der Waals surface area contributed by atoms with Crippen LogP contribution in [0.3, 0.4) is 0 Å². The highest BCUT2D eigenvalue weighted by atomic mass is 16.3. The van der Waals surface area contributed by atoms with Gasteiger partial charge in [-0.3, -0.25) is 4.79 Å². The maximum atomic E-state index is 12.1. The number of amides is 1. The lowest BCUT2D eigenvalue weighted by Crippen LogP contribution is -2.45. The van der Waals surface area contributed by atoms with E-state index >= 15 is 0 Å². The van der Waals surface area contributed by atoms with E-state index in [1.807, 2.05) is 6.08 Å². The van der Waals surface area contributed by atoms with Crippen molar-refractivity contribution in [3.05, 3.63) is 12.2 Å². The van der Waals surface area contributed by atoms with Crippen LogP contribution in [0.2, 0.25) is 0 Å². The molecule has 0 unspecified atom stereocenters. The highest BCUT2D eigenvalue weighted by Crippen LogP contribution is 2.12. The number of nitrogens with one attached hydrogen (secondary N) is 1. The molecule has 0 saturated carbocycles. The smallest absolute Gasteiger partial charge is 0.220 e. The molecule has 4 nitrogen and oxygen atoms in total. The number of carbonyl (C=O) groups is 1. The highest BCUT2D eigenvalue weighted by Gasteiger charge is 2.17. The Morgan fingerprint density at radius 3 is 1.84 bits per heavy atom. The SMILES string of the molecule is [2H]CCCCCCCCCC(=O)N[C@@H](CO)[C@H](O)/C=C/CCCCCCCCCCCCC.